The maximum Gasteiger partial charge on any atom is 0.139 e. The summed E-state index contributed by atoms with van der Waals surface area (Å²) in [7, 11) is 0. The molecule has 1 spiro atoms. The molecule has 0 N–H and O–H groups in total. The van der Waals surface area contributed by atoms with Gasteiger partial charge in [0.15, 0.2) is 0 Å². The first kappa shape index (κ1) is 55.8. The molecule has 0 atom stereocenters. The van der Waals surface area contributed by atoms with Gasteiger partial charge in [-0.1, -0.05) is 151 Å². The number of ether oxygens (including phenoxy) is 1. The molecule has 4 bridgehead atoms. The summed E-state index contributed by atoms with van der Waals surface area (Å²) in [6, 6.07) is 86.0. The summed E-state index contributed by atoms with van der Waals surface area (Å²) in [6.07, 6.45) is 5.85. The molecule has 3 heterocycles. The molecular formula is C86H72F2N4O. The molecule has 4 fully saturated rings. The molecule has 2 aromatic heterocycles. The average molecular weight is 1220 g/mol. The summed E-state index contributed by atoms with van der Waals surface area (Å²) in [5, 5.41) is 8.77. The highest BCUT2D eigenvalue weighted by molar-refractivity contribution is 6.14. The third-order valence-electron chi connectivity index (χ3n) is 21.9. The molecule has 0 radical (unpaired) electrons. The molecule has 4 saturated carbocycles. The number of rotatable bonds is 8. The van der Waals surface area contributed by atoms with Crippen LogP contribution in [-0.4, -0.2) is 9.13 Å². The number of benzene rings is 12. The Morgan fingerprint density at radius 1 is 0.355 bits per heavy atom. The average Bonchev–Trinajstić information content (AvgIpc) is 1.37. The van der Waals surface area contributed by atoms with Crippen molar-refractivity contribution in [3.8, 4) is 22.9 Å². The molecule has 1 aliphatic heterocycles. The van der Waals surface area contributed by atoms with Crippen molar-refractivity contribution in [1.29, 1.82) is 0 Å². The van der Waals surface area contributed by atoms with E-state index in [1.807, 2.05) is 24.3 Å². The monoisotopic (exact) mass is 1210 g/mol. The van der Waals surface area contributed by atoms with Gasteiger partial charge < -0.3 is 23.7 Å². The normalized spacial score (nSPS) is 18.1. The first-order chi connectivity index (χ1) is 45.1. The van der Waals surface area contributed by atoms with Gasteiger partial charge in [-0.15, -0.1) is 0 Å². The largest absolute Gasteiger partial charge is 0.455 e. The summed E-state index contributed by atoms with van der Waals surface area (Å²) in [4.78, 5) is 4.75. The van der Waals surface area contributed by atoms with Gasteiger partial charge in [0.1, 0.15) is 23.1 Å². The maximum atomic E-state index is 15.4. The zero-order chi connectivity index (χ0) is 62.8. The Kier molecular flexibility index (Phi) is 12.3. The standard InChI is InChI=1S/C86H72F2N4O/c1-84(2,3)54-23-31-62(32-24-54)91-76-21-13-11-17-68(76)72-48-64(39-41-78(72)91)89(60-35-27-58(87)28-36-60)80-50-74-82(70-19-9-7-15-66(70)80)93-83-71-20-10-8-16-67(71)81(51-75(83)86(74)56-44-52-43-53(46-56)47-57(86)45-52)90(61-37-29-59(88)30-38-61)65-40-42-79-73(49-65)69-18-12-14-22-77(69)92(79)63-33-25-55(26-34-63)85(4,5)6/h7-42,48-53,56-57H,43-47H2,1-6H3. The van der Waals surface area contributed by atoms with E-state index in [9.17, 15) is 0 Å². The minimum Gasteiger partial charge on any atom is -0.455 e. The molecule has 0 amide bonds. The fraction of sp³-hybridized carbons (Fsp3) is 0.209. The second-order valence-electron chi connectivity index (χ2n) is 29.2. The Labute approximate surface area is 541 Å². The Hall–Kier alpha value is -9.98. The zero-order valence-corrected chi connectivity index (χ0v) is 53.4. The first-order valence-corrected chi connectivity index (χ1v) is 33.4. The van der Waals surface area contributed by atoms with E-state index in [-0.39, 0.29) is 22.5 Å². The summed E-state index contributed by atoms with van der Waals surface area (Å²) >= 11 is 0. The fourth-order valence-electron chi connectivity index (χ4n) is 17.9. The van der Waals surface area contributed by atoms with E-state index in [1.165, 1.54) is 28.7 Å². The van der Waals surface area contributed by atoms with Crippen molar-refractivity contribution < 1.29 is 13.5 Å². The van der Waals surface area contributed by atoms with E-state index in [0.717, 1.165) is 148 Å². The molecule has 12 aromatic carbocycles. The van der Waals surface area contributed by atoms with Crippen molar-refractivity contribution in [3.05, 3.63) is 277 Å². The van der Waals surface area contributed by atoms with E-state index in [2.05, 4.69) is 255 Å². The van der Waals surface area contributed by atoms with Crippen LogP contribution in [0.1, 0.15) is 95.9 Å². The van der Waals surface area contributed by atoms with Crippen LogP contribution >= 0.6 is 0 Å². The lowest BCUT2D eigenvalue weighted by Gasteiger charge is -2.63. The second-order valence-corrected chi connectivity index (χ2v) is 29.2. The van der Waals surface area contributed by atoms with Crippen molar-refractivity contribution >= 4 is 99.3 Å². The van der Waals surface area contributed by atoms with E-state index in [1.54, 1.807) is 24.3 Å². The number of fused-ring (bicyclic) bond motifs is 12. The van der Waals surface area contributed by atoms with Crippen LogP contribution in [0.5, 0.6) is 11.5 Å². The number of halogens is 2. The predicted molar refractivity (Wildman–Crippen MR) is 381 cm³/mol. The molecule has 19 rings (SSSR count). The molecule has 14 aromatic rings. The van der Waals surface area contributed by atoms with Gasteiger partial charge in [-0.05, 0) is 211 Å². The van der Waals surface area contributed by atoms with Crippen LogP contribution in [0.4, 0.5) is 42.9 Å². The van der Waals surface area contributed by atoms with Crippen LogP contribution in [0.15, 0.2) is 243 Å². The lowest BCUT2D eigenvalue weighted by Crippen LogP contribution is -2.57. The maximum absolute atomic E-state index is 15.4. The smallest absolute Gasteiger partial charge is 0.139 e. The highest BCUT2D eigenvalue weighted by Gasteiger charge is 2.62. The molecule has 7 heteroatoms. The lowest BCUT2D eigenvalue weighted by molar-refractivity contribution is -0.0449. The first-order valence-electron chi connectivity index (χ1n) is 33.4. The summed E-state index contributed by atoms with van der Waals surface area (Å²) in [5.74, 6) is 3.26. The molecule has 93 heavy (non-hydrogen) atoms. The SMILES string of the molecule is CC(C)(C)c1ccc(-n2c3ccccc3c3cc(N(c4ccc(F)cc4)c4cc5c(c6ccccc46)Oc4c(cc(N(c6ccc(F)cc6)c6ccc7c(c6)c6ccccc6n7-c6ccc(C(C)(C)C)cc6)c6ccccc46)C54C5CC6CC(C5)CC4C6)ccc32)cc1. The minimum atomic E-state index is -0.462. The van der Waals surface area contributed by atoms with Crippen molar-refractivity contribution in [3.63, 3.8) is 0 Å². The van der Waals surface area contributed by atoms with Crippen LogP contribution < -0.4 is 14.5 Å². The summed E-state index contributed by atoms with van der Waals surface area (Å²) in [6.45, 7) is 13.6. The van der Waals surface area contributed by atoms with Gasteiger partial charge >= 0.3 is 0 Å². The van der Waals surface area contributed by atoms with Crippen molar-refractivity contribution in [1.82, 2.24) is 9.13 Å². The third kappa shape index (κ3) is 8.54. The van der Waals surface area contributed by atoms with Gasteiger partial charge in [0, 0.05) is 93.8 Å². The van der Waals surface area contributed by atoms with E-state index < -0.39 is 5.41 Å². The predicted octanol–water partition coefficient (Wildman–Crippen LogP) is 23.8. The Bertz CT molecular complexity index is 5010. The van der Waals surface area contributed by atoms with E-state index in [0.29, 0.717) is 23.7 Å². The molecule has 0 unspecified atom stereocenters. The molecule has 456 valence electrons. The molecule has 0 saturated heterocycles. The fourth-order valence-corrected chi connectivity index (χ4v) is 17.9. The van der Waals surface area contributed by atoms with Crippen molar-refractivity contribution in [2.24, 2.45) is 23.7 Å². The lowest BCUT2D eigenvalue weighted by atomic mass is 9.41. The van der Waals surface area contributed by atoms with Gasteiger partial charge in [0.25, 0.3) is 0 Å². The number of hydrogen-bond donors (Lipinski definition) is 0. The number of anilines is 6. The van der Waals surface area contributed by atoms with Gasteiger partial charge in [0.05, 0.1) is 33.4 Å². The zero-order valence-electron chi connectivity index (χ0n) is 53.4. The van der Waals surface area contributed by atoms with E-state index in [4.69, 9.17) is 4.74 Å². The Morgan fingerprint density at radius 3 is 1.09 bits per heavy atom. The Balaban J connectivity index is 0.870. The third-order valence-corrected chi connectivity index (χ3v) is 21.9. The molecule has 4 aliphatic carbocycles. The van der Waals surface area contributed by atoms with Crippen LogP contribution in [0.2, 0.25) is 0 Å². The van der Waals surface area contributed by atoms with Gasteiger partial charge in [0.2, 0.25) is 0 Å². The van der Waals surface area contributed by atoms with Crippen molar-refractivity contribution in [2.75, 3.05) is 9.80 Å². The highest BCUT2D eigenvalue weighted by Crippen LogP contribution is 2.71. The number of hydrogen-bond acceptors (Lipinski definition) is 3. The van der Waals surface area contributed by atoms with Crippen LogP contribution in [0.3, 0.4) is 0 Å². The van der Waals surface area contributed by atoms with Gasteiger partial charge in [-0.2, -0.15) is 0 Å². The van der Waals surface area contributed by atoms with Crippen molar-refractivity contribution in [2.45, 2.75) is 89.9 Å². The topological polar surface area (TPSA) is 25.6 Å². The second kappa shape index (κ2) is 20.5. The number of aromatic nitrogens is 2. The highest BCUT2D eigenvalue weighted by atomic mass is 19.1. The van der Waals surface area contributed by atoms with Gasteiger partial charge in [-0.3, -0.25) is 0 Å². The van der Waals surface area contributed by atoms with Crippen LogP contribution in [0.25, 0.3) is 76.5 Å². The summed E-state index contributed by atoms with van der Waals surface area (Å²) in [5.41, 5.74) is 17.0. The quantitative estimate of drug-likeness (QED) is 0.152. The van der Waals surface area contributed by atoms with E-state index >= 15 is 8.78 Å². The molecule has 5 nitrogen and oxygen atoms in total. The summed E-state index contributed by atoms with van der Waals surface area (Å²) < 4.78 is 43.5. The molecular weight excluding hydrogens is 1140 g/mol. The number of nitrogens with zero attached hydrogens (tertiary/aromatic N) is 4. The van der Waals surface area contributed by atoms with Crippen LogP contribution in [-0.2, 0) is 16.2 Å². The minimum absolute atomic E-state index is 0.0237. The van der Waals surface area contributed by atoms with Crippen LogP contribution in [0, 0.1) is 35.3 Å². The Morgan fingerprint density at radius 2 is 0.699 bits per heavy atom. The van der Waals surface area contributed by atoms with Gasteiger partial charge in [-0.25, -0.2) is 8.78 Å². The molecule has 5 aliphatic rings. The number of para-hydroxylation sites is 2.